The number of fused-ring (bicyclic) bond motifs is 1. The molecule has 0 saturated heterocycles. The number of anilines is 1. The molecule has 0 bridgehead atoms. The molecule has 5 nitrogen and oxygen atoms in total. The number of hydrogen-bond donors (Lipinski definition) is 1. The zero-order valence-electron chi connectivity index (χ0n) is 16.3. The van der Waals surface area contributed by atoms with E-state index in [1.54, 1.807) is 24.3 Å². The minimum absolute atomic E-state index is 0.160. The van der Waals surface area contributed by atoms with Crippen molar-refractivity contribution in [1.29, 1.82) is 0 Å². The van der Waals surface area contributed by atoms with Gasteiger partial charge in [0.2, 0.25) is 5.91 Å². The van der Waals surface area contributed by atoms with E-state index in [1.807, 2.05) is 6.07 Å². The zero-order chi connectivity index (χ0) is 20.3. The molecule has 0 saturated carbocycles. The predicted octanol–water partition coefficient (Wildman–Crippen LogP) is 4.68. The van der Waals surface area contributed by atoms with Crippen LogP contribution in [0.4, 0.5) is 5.69 Å². The Morgan fingerprint density at radius 1 is 1.07 bits per heavy atom. The van der Waals surface area contributed by atoms with Gasteiger partial charge in [0.1, 0.15) is 0 Å². The van der Waals surface area contributed by atoms with Crippen LogP contribution in [-0.2, 0) is 9.53 Å². The summed E-state index contributed by atoms with van der Waals surface area (Å²) < 4.78 is 4.70. The third kappa shape index (κ3) is 4.51. The number of pyridine rings is 1. The average Bonchev–Trinajstić information content (AvgIpc) is 2.67. The number of amides is 1. The molecule has 0 spiro atoms. The van der Waals surface area contributed by atoms with Crippen molar-refractivity contribution >= 4 is 40.2 Å². The minimum atomic E-state index is -0.438. The Bertz CT molecular complexity index is 1060. The topological polar surface area (TPSA) is 68.3 Å². The normalized spacial score (nSPS) is 10.7. The van der Waals surface area contributed by atoms with Crippen molar-refractivity contribution in [1.82, 2.24) is 4.98 Å². The van der Waals surface area contributed by atoms with Crippen LogP contribution >= 0.6 is 11.8 Å². The second kappa shape index (κ2) is 8.44. The van der Waals surface area contributed by atoms with Crippen molar-refractivity contribution in [3.05, 3.63) is 64.7 Å². The molecule has 0 radical (unpaired) electrons. The number of carbonyl (C=O) groups is 2. The molecule has 6 heteroatoms. The number of esters is 1. The summed E-state index contributed by atoms with van der Waals surface area (Å²) in [6.45, 7) is 6.19. The van der Waals surface area contributed by atoms with Crippen LogP contribution in [-0.4, -0.2) is 29.7 Å². The molecule has 2 aromatic carbocycles. The fourth-order valence-corrected chi connectivity index (χ4v) is 3.83. The third-order valence-electron chi connectivity index (χ3n) is 4.35. The molecule has 0 atom stereocenters. The van der Waals surface area contributed by atoms with Crippen LogP contribution in [0.3, 0.4) is 0 Å². The molecule has 3 rings (SSSR count). The summed E-state index contributed by atoms with van der Waals surface area (Å²) in [7, 11) is 1.33. The molecule has 1 aromatic heterocycles. The first-order valence-electron chi connectivity index (χ1n) is 8.87. The van der Waals surface area contributed by atoms with E-state index in [-0.39, 0.29) is 11.7 Å². The van der Waals surface area contributed by atoms with Crippen LogP contribution in [0.25, 0.3) is 10.9 Å². The Morgan fingerprint density at radius 2 is 1.86 bits per heavy atom. The fourth-order valence-electron chi connectivity index (χ4n) is 3.07. The van der Waals surface area contributed by atoms with Crippen LogP contribution in [0.5, 0.6) is 0 Å². The minimum Gasteiger partial charge on any atom is -0.465 e. The van der Waals surface area contributed by atoms with Crippen molar-refractivity contribution in [3.63, 3.8) is 0 Å². The molecule has 0 aliphatic carbocycles. The molecule has 3 aromatic rings. The Balaban J connectivity index is 1.70. The van der Waals surface area contributed by atoms with Gasteiger partial charge in [-0.3, -0.25) is 4.79 Å². The van der Waals surface area contributed by atoms with E-state index in [0.29, 0.717) is 11.3 Å². The molecule has 1 N–H and O–H groups in total. The molecule has 0 aliphatic rings. The van der Waals surface area contributed by atoms with Crippen molar-refractivity contribution < 1.29 is 14.3 Å². The van der Waals surface area contributed by atoms with Gasteiger partial charge in [-0.1, -0.05) is 29.5 Å². The van der Waals surface area contributed by atoms with Gasteiger partial charge < -0.3 is 10.1 Å². The van der Waals surface area contributed by atoms with Gasteiger partial charge in [0.25, 0.3) is 0 Å². The zero-order valence-corrected chi connectivity index (χ0v) is 17.1. The number of ether oxygens (including phenoxy) is 1. The number of aromatic nitrogens is 1. The Hall–Kier alpha value is -2.86. The van der Waals surface area contributed by atoms with Gasteiger partial charge in [0.05, 0.1) is 29.0 Å². The van der Waals surface area contributed by atoms with E-state index in [1.165, 1.54) is 24.4 Å². The maximum absolute atomic E-state index is 12.3. The molecule has 1 amide bonds. The largest absolute Gasteiger partial charge is 0.465 e. The smallest absolute Gasteiger partial charge is 0.337 e. The van der Waals surface area contributed by atoms with Crippen molar-refractivity contribution in [2.45, 2.75) is 25.8 Å². The van der Waals surface area contributed by atoms with E-state index in [4.69, 9.17) is 9.72 Å². The maximum Gasteiger partial charge on any atom is 0.337 e. The maximum atomic E-state index is 12.3. The van der Waals surface area contributed by atoms with Gasteiger partial charge in [-0.15, -0.1) is 0 Å². The number of hydrogen-bond acceptors (Lipinski definition) is 5. The summed E-state index contributed by atoms with van der Waals surface area (Å²) in [6.07, 6.45) is 0. The summed E-state index contributed by atoms with van der Waals surface area (Å²) in [5, 5.41) is 4.77. The summed E-state index contributed by atoms with van der Waals surface area (Å²) in [5.74, 6) is -0.371. The molecular weight excluding hydrogens is 372 g/mol. The lowest BCUT2D eigenvalue weighted by molar-refractivity contribution is -0.113. The quantitative estimate of drug-likeness (QED) is 0.503. The summed E-state index contributed by atoms with van der Waals surface area (Å²) in [4.78, 5) is 28.6. The summed E-state index contributed by atoms with van der Waals surface area (Å²) in [5.41, 5.74) is 5.41. The van der Waals surface area contributed by atoms with E-state index in [0.717, 1.165) is 27.1 Å². The highest BCUT2D eigenvalue weighted by Crippen LogP contribution is 2.27. The highest BCUT2D eigenvalue weighted by atomic mass is 32.2. The number of nitrogens with one attached hydrogen (secondary N) is 1. The van der Waals surface area contributed by atoms with Gasteiger partial charge in [-0.05, 0) is 62.2 Å². The Morgan fingerprint density at radius 3 is 2.61 bits per heavy atom. The molecule has 0 fully saturated rings. The van der Waals surface area contributed by atoms with Crippen molar-refractivity contribution in [2.24, 2.45) is 0 Å². The summed E-state index contributed by atoms with van der Waals surface area (Å²) >= 11 is 1.39. The summed E-state index contributed by atoms with van der Waals surface area (Å²) in [6, 6.07) is 12.9. The first-order chi connectivity index (χ1) is 13.4. The first kappa shape index (κ1) is 19.9. The SMILES string of the molecule is COC(=O)c1cccc(NC(=O)CSc2cc(C)c3cc(C)cc(C)c3n2)c1. The van der Waals surface area contributed by atoms with Crippen molar-refractivity contribution in [3.8, 4) is 0 Å². The number of nitrogens with zero attached hydrogens (tertiary/aromatic N) is 1. The van der Waals surface area contributed by atoms with Gasteiger partial charge in [-0.2, -0.15) is 0 Å². The van der Waals surface area contributed by atoms with Gasteiger partial charge in [0, 0.05) is 11.1 Å². The number of rotatable bonds is 5. The number of aryl methyl sites for hydroxylation is 3. The number of methoxy groups -OCH3 is 1. The van der Waals surface area contributed by atoms with Gasteiger partial charge in [-0.25, -0.2) is 9.78 Å². The van der Waals surface area contributed by atoms with E-state index in [9.17, 15) is 9.59 Å². The molecule has 28 heavy (non-hydrogen) atoms. The van der Waals surface area contributed by atoms with Gasteiger partial charge in [0.15, 0.2) is 0 Å². The lowest BCUT2D eigenvalue weighted by Crippen LogP contribution is -2.14. The first-order valence-corrected chi connectivity index (χ1v) is 9.85. The standard InChI is InChI=1S/C22H22N2O3S/c1-13-8-15(3)21-18(9-13)14(2)10-20(24-21)28-12-19(25)23-17-7-5-6-16(11-17)22(26)27-4/h5-11H,12H2,1-4H3,(H,23,25). The lowest BCUT2D eigenvalue weighted by Gasteiger charge is -2.10. The number of benzene rings is 2. The lowest BCUT2D eigenvalue weighted by atomic mass is 10.0. The van der Waals surface area contributed by atoms with E-state index >= 15 is 0 Å². The molecular formula is C22H22N2O3S. The van der Waals surface area contributed by atoms with Crippen LogP contribution in [0.1, 0.15) is 27.0 Å². The second-order valence-electron chi connectivity index (χ2n) is 6.66. The van der Waals surface area contributed by atoms with E-state index in [2.05, 4.69) is 38.2 Å². The van der Waals surface area contributed by atoms with Crippen LogP contribution in [0.2, 0.25) is 0 Å². The molecule has 0 unspecified atom stereocenters. The van der Waals surface area contributed by atoms with Gasteiger partial charge >= 0.3 is 5.97 Å². The fraction of sp³-hybridized carbons (Fsp3) is 0.227. The van der Waals surface area contributed by atoms with Crippen LogP contribution in [0, 0.1) is 20.8 Å². The van der Waals surface area contributed by atoms with Crippen LogP contribution in [0.15, 0.2) is 47.5 Å². The second-order valence-corrected chi connectivity index (χ2v) is 7.66. The van der Waals surface area contributed by atoms with E-state index < -0.39 is 5.97 Å². The molecule has 144 valence electrons. The average molecular weight is 394 g/mol. The highest BCUT2D eigenvalue weighted by Gasteiger charge is 2.11. The monoisotopic (exact) mass is 394 g/mol. The Kier molecular flexibility index (Phi) is 5.99. The van der Waals surface area contributed by atoms with Crippen LogP contribution < -0.4 is 5.32 Å². The molecule has 0 aliphatic heterocycles. The third-order valence-corrected chi connectivity index (χ3v) is 5.26. The number of carbonyl (C=O) groups excluding carboxylic acids is 2. The predicted molar refractivity (Wildman–Crippen MR) is 113 cm³/mol. The number of thioether (sulfide) groups is 1. The Labute approximate surface area is 168 Å². The van der Waals surface area contributed by atoms with Crippen molar-refractivity contribution in [2.75, 3.05) is 18.2 Å². The molecule has 1 heterocycles. The highest BCUT2D eigenvalue weighted by molar-refractivity contribution is 7.99.